The van der Waals surface area contributed by atoms with E-state index in [0.29, 0.717) is 10.6 Å². The number of hydrogen-bond acceptors (Lipinski definition) is 4. The highest BCUT2D eigenvalue weighted by atomic mass is 32.1. The summed E-state index contributed by atoms with van der Waals surface area (Å²) < 4.78 is 0.992. The molecule has 130 valence electrons. The van der Waals surface area contributed by atoms with Gasteiger partial charge in [-0.2, -0.15) is 5.26 Å². The Kier molecular flexibility index (Phi) is 4.69. The van der Waals surface area contributed by atoms with Crippen molar-refractivity contribution in [1.82, 2.24) is 4.98 Å². The van der Waals surface area contributed by atoms with Crippen LogP contribution in [-0.4, -0.2) is 10.1 Å². The number of aliphatic hydroxyl groups is 1. The molecular weight excluding hydrogens is 352 g/mol. The number of aliphatic hydroxyl groups excluding tert-OH is 1. The van der Waals surface area contributed by atoms with E-state index in [2.05, 4.69) is 23.2 Å². The van der Waals surface area contributed by atoms with E-state index >= 15 is 0 Å². The molecule has 0 fully saturated rings. The first-order valence-electron chi connectivity index (χ1n) is 8.57. The van der Waals surface area contributed by atoms with Crippen LogP contribution in [-0.2, 0) is 6.42 Å². The lowest BCUT2D eigenvalue weighted by Gasteiger charge is -2.05. The van der Waals surface area contributed by atoms with Gasteiger partial charge in [0.05, 0.1) is 10.2 Å². The van der Waals surface area contributed by atoms with Gasteiger partial charge < -0.3 is 5.11 Å². The minimum absolute atomic E-state index is 0.0391. The third-order valence-electron chi connectivity index (χ3n) is 4.33. The molecule has 0 aliphatic heterocycles. The van der Waals surface area contributed by atoms with Crippen LogP contribution in [0.3, 0.4) is 0 Å². The Balaban J connectivity index is 1.65. The first kappa shape index (κ1) is 17.0. The normalized spacial score (nSPS) is 11.8. The van der Waals surface area contributed by atoms with Gasteiger partial charge in [-0.25, -0.2) is 4.98 Å². The van der Waals surface area contributed by atoms with Crippen LogP contribution in [0.25, 0.3) is 21.5 Å². The highest BCUT2D eigenvalue weighted by molar-refractivity contribution is 7.19. The Bertz CT molecular complexity index is 1120. The fraction of sp³-hybridized carbons (Fsp3) is 0.0435. The summed E-state index contributed by atoms with van der Waals surface area (Å²) in [5.74, 6) is -0.0391. The molecule has 0 atom stereocenters. The Hall–Kier alpha value is -3.42. The molecule has 0 aliphatic rings. The van der Waals surface area contributed by atoms with Gasteiger partial charge in [0.2, 0.25) is 0 Å². The Morgan fingerprint density at radius 2 is 1.56 bits per heavy atom. The van der Waals surface area contributed by atoms with Crippen LogP contribution in [0.1, 0.15) is 21.7 Å². The molecule has 3 aromatic carbocycles. The standard InChI is InChI=1S/C23H16N2OS/c24-15-19(23-25-20-8-4-5-9-21(20)27-23)22(26)18-12-10-17(11-13-18)14-16-6-2-1-3-7-16/h1-13,26H,14H2. The maximum absolute atomic E-state index is 10.7. The first-order valence-corrected chi connectivity index (χ1v) is 9.39. The number of para-hydroxylation sites is 1. The van der Waals surface area contributed by atoms with Gasteiger partial charge in [-0.15, -0.1) is 11.3 Å². The minimum atomic E-state index is -0.0391. The lowest BCUT2D eigenvalue weighted by atomic mass is 10.0. The zero-order valence-electron chi connectivity index (χ0n) is 14.5. The zero-order valence-corrected chi connectivity index (χ0v) is 15.3. The molecule has 4 aromatic rings. The smallest absolute Gasteiger partial charge is 0.143 e. The van der Waals surface area contributed by atoms with Crippen molar-refractivity contribution in [3.05, 3.63) is 101 Å². The average Bonchev–Trinajstić information content (AvgIpc) is 3.13. The average molecular weight is 368 g/mol. The Morgan fingerprint density at radius 3 is 2.26 bits per heavy atom. The van der Waals surface area contributed by atoms with Crippen LogP contribution < -0.4 is 0 Å². The molecule has 1 heterocycles. The van der Waals surface area contributed by atoms with Gasteiger partial charge in [0.25, 0.3) is 0 Å². The molecule has 0 bridgehead atoms. The quantitative estimate of drug-likeness (QED) is 0.364. The summed E-state index contributed by atoms with van der Waals surface area (Å²) in [5, 5.41) is 20.8. The maximum Gasteiger partial charge on any atom is 0.143 e. The number of hydrogen-bond donors (Lipinski definition) is 1. The molecule has 0 saturated carbocycles. The SMILES string of the molecule is N#CC(=C(O)c1ccc(Cc2ccccc2)cc1)c1nc2ccccc2s1. The molecular formula is C23H16N2OS. The number of thiazole rings is 1. The molecule has 4 rings (SSSR count). The second kappa shape index (κ2) is 7.45. The fourth-order valence-corrected chi connectivity index (χ4v) is 3.90. The van der Waals surface area contributed by atoms with Gasteiger partial charge in [0.15, 0.2) is 0 Å². The van der Waals surface area contributed by atoms with Crippen molar-refractivity contribution in [3.63, 3.8) is 0 Å². The summed E-state index contributed by atoms with van der Waals surface area (Å²) in [6.07, 6.45) is 0.828. The first-order chi connectivity index (χ1) is 13.2. The second-order valence-corrected chi connectivity index (χ2v) is 7.21. The molecule has 0 spiro atoms. The van der Waals surface area contributed by atoms with Gasteiger partial charge in [0.1, 0.15) is 22.4 Å². The third kappa shape index (κ3) is 3.59. The fourth-order valence-electron chi connectivity index (χ4n) is 2.94. The summed E-state index contributed by atoms with van der Waals surface area (Å²) in [6, 6.07) is 27.7. The van der Waals surface area contributed by atoms with Crippen LogP contribution in [0.2, 0.25) is 0 Å². The van der Waals surface area contributed by atoms with Gasteiger partial charge in [-0.1, -0.05) is 66.7 Å². The van der Waals surface area contributed by atoms with Crippen LogP contribution in [0, 0.1) is 11.3 Å². The third-order valence-corrected chi connectivity index (χ3v) is 5.39. The highest BCUT2D eigenvalue weighted by Gasteiger charge is 2.15. The van der Waals surface area contributed by atoms with Crippen molar-refractivity contribution < 1.29 is 5.11 Å². The number of nitrogens with zero attached hydrogens (tertiary/aromatic N) is 2. The molecule has 4 heteroatoms. The highest BCUT2D eigenvalue weighted by Crippen LogP contribution is 2.31. The molecule has 0 amide bonds. The number of fused-ring (bicyclic) bond motifs is 1. The van der Waals surface area contributed by atoms with Crippen LogP contribution >= 0.6 is 11.3 Å². The summed E-state index contributed by atoms with van der Waals surface area (Å²) in [7, 11) is 0. The van der Waals surface area contributed by atoms with Crippen LogP contribution in [0.4, 0.5) is 0 Å². The lowest BCUT2D eigenvalue weighted by Crippen LogP contribution is -1.92. The molecule has 0 unspecified atom stereocenters. The predicted octanol–water partition coefficient (Wildman–Crippen LogP) is 5.84. The largest absolute Gasteiger partial charge is 0.506 e. The van der Waals surface area contributed by atoms with Crippen molar-refractivity contribution in [2.75, 3.05) is 0 Å². The van der Waals surface area contributed by atoms with Crippen LogP contribution in [0.5, 0.6) is 0 Å². The van der Waals surface area contributed by atoms with E-state index in [1.54, 1.807) is 0 Å². The van der Waals surface area contributed by atoms with Gasteiger partial charge in [-0.05, 0) is 29.7 Å². The Morgan fingerprint density at radius 1 is 0.889 bits per heavy atom. The van der Waals surface area contributed by atoms with Crippen molar-refractivity contribution >= 4 is 32.9 Å². The second-order valence-electron chi connectivity index (χ2n) is 6.18. The summed E-state index contributed by atoms with van der Waals surface area (Å²) >= 11 is 1.41. The molecule has 1 aromatic heterocycles. The van der Waals surface area contributed by atoms with Gasteiger partial charge >= 0.3 is 0 Å². The minimum Gasteiger partial charge on any atom is -0.506 e. The van der Waals surface area contributed by atoms with E-state index in [1.165, 1.54) is 16.9 Å². The molecule has 3 nitrogen and oxygen atoms in total. The van der Waals surface area contributed by atoms with Gasteiger partial charge in [-0.3, -0.25) is 0 Å². The number of allylic oxidation sites excluding steroid dienone is 1. The number of benzene rings is 3. The predicted molar refractivity (Wildman–Crippen MR) is 110 cm³/mol. The van der Waals surface area contributed by atoms with E-state index in [0.717, 1.165) is 22.2 Å². The molecule has 0 radical (unpaired) electrons. The van der Waals surface area contributed by atoms with E-state index in [1.807, 2.05) is 66.7 Å². The molecule has 1 N–H and O–H groups in total. The summed E-state index contributed by atoms with van der Waals surface area (Å²) in [5.41, 5.74) is 4.03. The van der Waals surface area contributed by atoms with Crippen molar-refractivity contribution in [2.24, 2.45) is 0 Å². The summed E-state index contributed by atoms with van der Waals surface area (Å²) in [6.45, 7) is 0. The number of aromatic nitrogens is 1. The zero-order chi connectivity index (χ0) is 18.6. The lowest BCUT2D eigenvalue weighted by molar-refractivity contribution is 0.514. The molecule has 0 saturated heterocycles. The monoisotopic (exact) mass is 368 g/mol. The van der Waals surface area contributed by atoms with E-state index < -0.39 is 0 Å². The Labute approximate surface area is 161 Å². The van der Waals surface area contributed by atoms with E-state index in [-0.39, 0.29) is 11.3 Å². The number of nitriles is 1. The maximum atomic E-state index is 10.7. The van der Waals surface area contributed by atoms with E-state index in [9.17, 15) is 10.4 Å². The van der Waals surface area contributed by atoms with E-state index in [4.69, 9.17) is 0 Å². The van der Waals surface area contributed by atoms with Gasteiger partial charge in [0, 0.05) is 5.56 Å². The topological polar surface area (TPSA) is 56.9 Å². The number of rotatable bonds is 4. The van der Waals surface area contributed by atoms with Crippen molar-refractivity contribution in [3.8, 4) is 6.07 Å². The van der Waals surface area contributed by atoms with Crippen molar-refractivity contribution in [1.29, 1.82) is 5.26 Å². The summed E-state index contributed by atoms with van der Waals surface area (Å²) in [4.78, 5) is 4.48. The van der Waals surface area contributed by atoms with Crippen LogP contribution in [0.15, 0.2) is 78.9 Å². The van der Waals surface area contributed by atoms with Crippen molar-refractivity contribution in [2.45, 2.75) is 6.42 Å². The molecule has 0 aliphatic carbocycles. The molecule has 27 heavy (non-hydrogen) atoms.